The normalized spacial score (nSPS) is 13.3. The Hall–Kier alpha value is -1.90. The van der Waals surface area contributed by atoms with Gasteiger partial charge in [-0.1, -0.05) is 0 Å². The monoisotopic (exact) mass is 298 g/mol. The molecular formula is C12H14N2O5S. The quantitative estimate of drug-likeness (QED) is 0.743. The van der Waals surface area contributed by atoms with E-state index < -0.39 is 22.0 Å². The molecule has 1 aromatic heterocycles. The second-order valence-electron chi connectivity index (χ2n) is 4.41. The highest BCUT2D eigenvalue weighted by Crippen LogP contribution is 2.22. The molecule has 0 aliphatic heterocycles. The molecule has 4 N–H and O–H groups in total. The third kappa shape index (κ3) is 3.16. The van der Waals surface area contributed by atoms with Crippen molar-refractivity contribution in [2.45, 2.75) is 17.9 Å². The number of aliphatic hydroxyl groups excluding tert-OH is 1. The molecule has 1 heterocycles. The third-order valence-corrected chi connectivity index (χ3v) is 3.51. The molecule has 0 fully saturated rings. The second-order valence-corrected chi connectivity index (χ2v) is 5.98. The zero-order chi connectivity index (χ0) is 14.9. The van der Waals surface area contributed by atoms with Gasteiger partial charge in [-0.25, -0.2) is 13.6 Å². The Morgan fingerprint density at radius 3 is 2.75 bits per heavy atom. The van der Waals surface area contributed by atoms with Gasteiger partial charge in [0.05, 0.1) is 11.0 Å². The first kappa shape index (κ1) is 14.5. The van der Waals surface area contributed by atoms with Gasteiger partial charge in [0.25, 0.3) is 5.91 Å². The van der Waals surface area contributed by atoms with Gasteiger partial charge in [0, 0.05) is 11.9 Å². The van der Waals surface area contributed by atoms with Gasteiger partial charge in [-0.15, -0.1) is 0 Å². The minimum absolute atomic E-state index is 0.0345. The molecule has 0 aliphatic rings. The molecule has 108 valence electrons. The van der Waals surface area contributed by atoms with Crippen molar-refractivity contribution in [3.05, 3.63) is 30.0 Å². The molecule has 1 atom stereocenters. The predicted molar refractivity (Wildman–Crippen MR) is 71.6 cm³/mol. The maximum atomic E-state index is 11.7. The first-order valence-corrected chi connectivity index (χ1v) is 7.34. The van der Waals surface area contributed by atoms with E-state index >= 15 is 0 Å². The number of amides is 1. The summed E-state index contributed by atoms with van der Waals surface area (Å²) in [6.07, 6.45) is -0.669. The number of rotatable bonds is 4. The molecule has 20 heavy (non-hydrogen) atoms. The lowest BCUT2D eigenvalue weighted by Crippen LogP contribution is -2.30. The van der Waals surface area contributed by atoms with Crippen LogP contribution in [0, 0.1) is 0 Å². The van der Waals surface area contributed by atoms with Crippen LogP contribution in [-0.2, 0) is 10.0 Å². The van der Waals surface area contributed by atoms with Crippen molar-refractivity contribution < 1.29 is 22.7 Å². The standard InChI is InChI=1S/C12H14N2O5S/c1-7(15)6-14-12(16)11-5-8-4-9(20(13,17)18)2-3-10(8)19-11/h2-5,7,15H,6H2,1H3,(H,14,16)(H2,13,17,18). The number of furan rings is 1. The first-order chi connectivity index (χ1) is 9.27. The Balaban J connectivity index is 2.32. The van der Waals surface area contributed by atoms with E-state index in [0.29, 0.717) is 11.0 Å². The highest BCUT2D eigenvalue weighted by atomic mass is 32.2. The number of sulfonamides is 1. The molecule has 0 radical (unpaired) electrons. The summed E-state index contributed by atoms with van der Waals surface area (Å²) < 4.78 is 27.8. The van der Waals surface area contributed by atoms with Crippen LogP contribution in [0.3, 0.4) is 0 Å². The van der Waals surface area contributed by atoms with E-state index in [2.05, 4.69) is 5.32 Å². The highest BCUT2D eigenvalue weighted by molar-refractivity contribution is 7.89. The van der Waals surface area contributed by atoms with E-state index in [4.69, 9.17) is 14.7 Å². The van der Waals surface area contributed by atoms with E-state index in [1.165, 1.54) is 31.2 Å². The van der Waals surface area contributed by atoms with Crippen molar-refractivity contribution in [2.24, 2.45) is 5.14 Å². The predicted octanol–water partition coefficient (Wildman–Crippen LogP) is 0.191. The minimum Gasteiger partial charge on any atom is -0.451 e. The van der Waals surface area contributed by atoms with Crippen LogP contribution in [0.15, 0.2) is 33.6 Å². The summed E-state index contributed by atoms with van der Waals surface area (Å²) in [5.74, 6) is -0.452. The number of fused-ring (bicyclic) bond motifs is 1. The number of benzene rings is 1. The molecule has 2 rings (SSSR count). The van der Waals surface area contributed by atoms with Crippen molar-refractivity contribution in [3.63, 3.8) is 0 Å². The number of aliphatic hydroxyl groups is 1. The number of hydrogen-bond acceptors (Lipinski definition) is 5. The second kappa shape index (κ2) is 5.23. The molecule has 0 saturated heterocycles. The summed E-state index contributed by atoms with van der Waals surface area (Å²) in [4.78, 5) is 11.7. The summed E-state index contributed by atoms with van der Waals surface area (Å²) in [5, 5.41) is 17.1. The first-order valence-electron chi connectivity index (χ1n) is 5.80. The van der Waals surface area contributed by atoms with E-state index in [1.54, 1.807) is 0 Å². The van der Waals surface area contributed by atoms with Crippen molar-refractivity contribution in [3.8, 4) is 0 Å². The number of nitrogens with two attached hydrogens (primary N) is 1. The lowest BCUT2D eigenvalue weighted by molar-refractivity contribution is 0.0898. The van der Waals surface area contributed by atoms with E-state index in [9.17, 15) is 13.2 Å². The summed E-state index contributed by atoms with van der Waals surface area (Å²) in [6.45, 7) is 1.63. The fraction of sp³-hybridized carbons (Fsp3) is 0.250. The number of carbonyl (C=O) groups is 1. The van der Waals surface area contributed by atoms with Gasteiger partial charge in [0.15, 0.2) is 5.76 Å². The van der Waals surface area contributed by atoms with Gasteiger partial charge in [0.1, 0.15) is 5.58 Å². The van der Waals surface area contributed by atoms with E-state index in [1.807, 2.05) is 0 Å². The van der Waals surface area contributed by atoms with Crippen LogP contribution in [0.25, 0.3) is 11.0 Å². The molecule has 2 aromatic rings. The molecule has 0 saturated carbocycles. The Bertz CT molecular complexity index is 748. The smallest absolute Gasteiger partial charge is 0.287 e. The van der Waals surface area contributed by atoms with Crippen molar-refractivity contribution >= 4 is 26.9 Å². The van der Waals surface area contributed by atoms with Crippen molar-refractivity contribution in [1.29, 1.82) is 0 Å². The van der Waals surface area contributed by atoms with Crippen LogP contribution in [0.4, 0.5) is 0 Å². The Kier molecular flexibility index (Phi) is 3.80. The van der Waals surface area contributed by atoms with Crippen LogP contribution in [0.5, 0.6) is 0 Å². The zero-order valence-corrected chi connectivity index (χ0v) is 11.5. The molecule has 1 amide bonds. The van der Waals surface area contributed by atoms with Crippen LogP contribution >= 0.6 is 0 Å². The number of hydrogen-bond donors (Lipinski definition) is 3. The third-order valence-electron chi connectivity index (χ3n) is 2.60. The lowest BCUT2D eigenvalue weighted by atomic mass is 10.2. The maximum Gasteiger partial charge on any atom is 0.287 e. The number of primary sulfonamides is 1. The average Bonchev–Trinajstić information content (AvgIpc) is 2.77. The van der Waals surface area contributed by atoms with Gasteiger partial charge in [-0.05, 0) is 31.2 Å². The topological polar surface area (TPSA) is 123 Å². The zero-order valence-electron chi connectivity index (χ0n) is 10.7. The van der Waals surface area contributed by atoms with Gasteiger partial charge in [-0.3, -0.25) is 4.79 Å². The lowest BCUT2D eigenvalue weighted by Gasteiger charge is -2.04. The van der Waals surface area contributed by atoms with Crippen LogP contribution < -0.4 is 10.5 Å². The van der Waals surface area contributed by atoms with Gasteiger partial charge in [-0.2, -0.15) is 0 Å². The summed E-state index contributed by atoms with van der Waals surface area (Å²) in [6, 6.07) is 5.49. The van der Waals surface area contributed by atoms with Crippen LogP contribution in [-0.4, -0.2) is 32.1 Å². The molecule has 0 aliphatic carbocycles. The largest absolute Gasteiger partial charge is 0.451 e. The van der Waals surface area contributed by atoms with Crippen LogP contribution in [0.1, 0.15) is 17.5 Å². The van der Waals surface area contributed by atoms with Crippen LogP contribution in [0.2, 0.25) is 0 Å². The fourth-order valence-electron chi connectivity index (χ4n) is 1.64. The van der Waals surface area contributed by atoms with E-state index in [0.717, 1.165) is 0 Å². The number of carbonyl (C=O) groups excluding carboxylic acids is 1. The van der Waals surface area contributed by atoms with E-state index in [-0.39, 0.29) is 17.2 Å². The minimum atomic E-state index is -3.80. The highest BCUT2D eigenvalue weighted by Gasteiger charge is 2.15. The van der Waals surface area contributed by atoms with Gasteiger partial charge >= 0.3 is 0 Å². The SMILES string of the molecule is CC(O)CNC(=O)c1cc2cc(S(N)(=O)=O)ccc2o1. The van der Waals surface area contributed by atoms with Crippen molar-refractivity contribution in [2.75, 3.05) is 6.54 Å². The molecular weight excluding hydrogens is 284 g/mol. The fourth-order valence-corrected chi connectivity index (χ4v) is 2.19. The summed E-state index contributed by atoms with van der Waals surface area (Å²) in [7, 11) is -3.80. The Morgan fingerprint density at radius 2 is 2.15 bits per heavy atom. The molecule has 8 heteroatoms. The Labute approximate surface area is 115 Å². The van der Waals surface area contributed by atoms with Gasteiger partial charge < -0.3 is 14.8 Å². The molecule has 7 nitrogen and oxygen atoms in total. The molecule has 0 bridgehead atoms. The molecule has 0 spiro atoms. The Morgan fingerprint density at radius 1 is 1.45 bits per heavy atom. The molecule has 1 unspecified atom stereocenters. The van der Waals surface area contributed by atoms with Crippen molar-refractivity contribution in [1.82, 2.24) is 5.32 Å². The summed E-state index contributed by atoms with van der Waals surface area (Å²) in [5.41, 5.74) is 0.375. The summed E-state index contributed by atoms with van der Waals surface area (Å²) >= 11 is 0. The number of nitrogens with one attached hydrogen (secondary N) is 1. The average molecular weight is 298 g/mol. The molecule has 1 aromatic carbocycles. The van der Waals surface area contributed by atoms with Gasteiger partial charge in [0.2, 0.25) is 10.0 Å². The maximum absolute atomic E-state index is 11.7.